The van der Waals surface area contributed by atoms with Crippen LogP contribution in [0.4, 0.5) is 13.2 Å². The van der Waals surface area contributed by atoms with Crippen molar-refractivity contribution in [2.75, 3.05) is 6.61 Å². The van der Waals surface area contributed by atoms with E-state index < -0.39 is 24.9 Å². The lowest BCUT2D eigenvalue weighted by molar-refractivity contribution is -0.226. The van der Waals surface area contributed by atoms with E-state index in [0.29, 0.717) is 0 Å². The minimum Gasteiger partial charge on any atom is -0.395 e. The molecule has 0 saturated carbocycles. The van der Waals surface area contributed by atoms with Gasteiger partial charge >= 0.3 is 6.18 Å². The third kappa shape index (κ3) is 5.06. The molecule has 0 fully saturated rings. The highest BCUT2D eigenvalue weighted by atomic mass is 19.4. The van der Waals surface area contributed by atoms with Gasteiger partial charge in [-0.15, -0.1) is 0 Å². The van der Waals surface area contributed by atoms with E-state index >= 15 is 0 Å². The van der Waals surface area contributed by atoms with Gasteiger partial charge in [-0.3, -0.25) is 4.90 Å². The molecule has 3 nitrogen and oxygen atoms in total. The first-order valence-electron chi connectivity index (χ1n) is 7.59. The summed E-state index contributed by atoms with van der Waals surface area (Å²) in [6.07, 6.45) is -7.41. The van der Waals surface area contributed by atoms with Crippen LogP contribution in [0.1, 0.15) is 11.1 Å². The Morgan fingerprint density at radius 3 is 1.58 bits per heavy atom. The molecule has 0 radical (unpaired) electrons. The first-order valence-corrected chi connectivity index (χ1v) is 7.59. The van der Waals surface area contributed by atoms with Gasteiger partial charge in [0.1, 0.15) is 0 Å². The van der Waals surface area contributed by atoms with Gasteiger partial charge in [-0.2, -0.15) is 13.2 Å². The lowest BCUT2D eigenvalue weighted by Crippen LogP contribution is -2.51. The van der Waals surface area contributed by atoms with Gasteiger partial charge in [0, 0.05) is 13.1 Å². The van der Waals surface area contributed by atoms with Crippen LogP contribution in [0.25, 0.3) is 0 Å². The summed E-state index contributed by atoms with van der Waals surface area (Å²) in [5.41, 5.74) is 1.61. The third-order valence-corrected chi connectivity index (χ3v) is 3.81. The number of rotatable bonds is 7. The summed E-state index contributed by atoms with van der Waals surface area (Å²) < 4.78 is 38.8. The summed E-state index contributed by atoms with van der Waals surface area (Å²) in [7, 11) is 0. The smallest absolute Gasteiger partial charge is 0.395 e. The summed E-state index contributed by atoms with van der Waals surface area (Å²) in [4.78, 5) is 1.45. The molecule has 24 heavy (non-hydrogen) atoms. The molecule has 0 saturated heterocycles. The molecule has 0 aliphatic heterocycles. The minimum atomic E-state index is -4.79. The van der Waals surface area contributed by atoms with Gasteiger partial charge in [0.25, 0.3) is 0 Å². The van der Waals surface area contributed by atoms with Crippen molar-refractivity contribution in [3.63, 3.8) is 0 Å². The molecule has 2 atom stereocenters. The van der Waals surface area contributed by atoms with Crippen LogP contribution in [-0.4, -0.2) is 40.0 Å². The van der Waals surface area contributed by atoms with Crippen molar-refractivity contribution in [3.05, 3.63) is 71.8 Å². The molecule has 2 aromatic rings. The standard InChI is InChI=1S/C18H20F3NO2/c19-18(20,21)17(24)16(13-23)22(11-14-7-3-1-4-8-14)12-15-9-5-2-6-10-15/h1-10,16-17,23-24H,11-13H2/t16-,17+/m0/s1. The van der Waals surface area contributed by atoms with E-state index in [2.05, 4.69) is 0 Å². The lowest BCUT2D eigenvalue weighted by atomic mass is 10.1. The van der Waals surface area contributed by atoms with Crippen molar-refractivity contribution >= 4 is 0 Å². The SMILES string of the molecule is OC[C@@H]([C@@H](O)C(F)(F)F)N(Cc1ccccc1)Cc1ccccc1. The zero-order valence-electron chi connectivity index (χ0n) is 13.0. The largest absolute Gasteiger partial charge is 0.415 e. The average Bonchev–Trinajstić information content (AvgIpc) is 2.56. The Labute approximate surface area is 139 Å². The molecule has 0 aliphatic rings. The van der Waals surface area contributed by atoms with Gasteiger partial charge in [-0.05, 0) is 11.1 Å². The zero-order valence-corrected chi connectivity index (χ0v) is 13.0. The van der Waals surface area contributed by atoms with Crippen LogP contribution in [0.2, 0.25) is 0 Å². The maximum absolute atomic E-state index is 12.9. The zero-order chi connectivity index (χ0) is 17.6. The average molecular weight is 339 g/mol. The molecular weight excluding hydrogens is 319 g/mol. The molecule has 130 valence electrons. The summed E-state index contributed by atoms with van der Waals surface area (Å²) >= 11 is 0. The number of nitrogens with zero attached hydrogens (tertiary/aromatic N) is 1. The fraction of sp³-hybridized carbons (Fsp3) is 0.333. The van der Waals surface area contributed by atoms with Crippen LogP contribution >= 0.6 is 0 Å². The van der Waals surface area contributed by atoms with E-state index in [1.807, 2.05) is 12.1 Å². The third-order valence-electron chi connectivity index (χ3n) is 3.81. The van der Waals surface area contributed by atoms with Crippen LogP contribution in [-0.2, 0) is 13.1 Å². The molecule has 6 heteroatoms. The van der Waals surface area contributed by atoms with Gasteiger partial charge in [0.2, 0.25) is 0 Å². The van der Waals surface area contributed by atoms with Crippen molar-refractivity contribution in [1.29, 1.82) is 0 Å². The predicted molar refractivity (Wildman–Crippen MR) is 85.1 cm³/mol. The molecule has 2 N–H and O–H groups in total. The van der Waals surface area contributed by atoms with Crippen molar-refractivity contribution < 1.29 is 23.4 Å². The van der Waals surface area contributed by atoms with E-state index in [-0.39, 0.29) is 13.1 Å². The second-order valence-corrected chi connectivity index (χ2v) is 5.61. The molecule has 0 amide bonds. The van der Waals surface area contributed by atoms with E-state index in [4.69, 9.17) is 0 Å². The normalized spacial score (nSPS) is 14.6. The Kier molecular flexibility index (Phi) is 6.36. The number of hydrogen-bond donors (Lipinski definition) is 2. The van der Waals surface area contributed by atoms with Crippen LogP contribution in [0.5, 0.6) is 0 Å². The molecule has 0 unspecified atom stereocenters. The molecule has 0 aromatic heterocycles. The van der Waals surface area contributed by atoms with Gasteiger partial charge in [0.15, 0.2) is 6.10 Å². The van der Waals surface area contributed by atoms with Crippen molar-refractivity contribution in [2.24, 2.45) is 0 Å². The van der Waals surface area contributed by atoms with Crippen molar-refractivity contribution in [3.8, 4) is 0 Å². The van der Waals surface area contributed by atoms with E-state index in [1.54, 1.807) is 48.5 Å². The second kappa shape index (κ2) is 8.28. The number of aliphatic hydroxyl groups is 2. The van der Waals surface area contributed by atoms with Crippen molar-refractivity contribution in [2.45, 2.75) is 31.4 Å². The number of hydrogen-bond acceptors (Lipinski definition) is 3. The Morgan fingerprint density at radius 2 is 1.25 bits per heavy atom. The summed E-state index contributed by atoms with van der Waals surface area (Å²) in [5, 5.41) is 19.1. The van der Waals surface area contributed by atoms with Crippen molar-refractivity contribution in [1.82, 2.24) is 4.90 Å². The minimum absolute atomic E-state index is 0.189. The monoisotopic (exact) mass is 339 g/mol. The van der Waals surface area contributed by atoms with E-state index in [0.717, 1.165) is 11.1 Å². The number of halogens is 3. The first-order chi connectivity index (χ1) is 11.4. The topological polar surface area (TPSA) is 43.7 Å². The maximum atomic E-state index is 12.9. The van der Waals surface area contributed by atoms with Gasteiger partial charge < -0.3 is 10.2 Å². The van der Waals surface area contributed by atoms with Gasteiger partial charge in [0.05, 0.1) is 12.6 Å². The Morgan fingerprint density at radius 1 is 0.833 bits per heavy atom. The molecule has 0 bridgehead atoms. The van der Waals surface area contributed by atoms with E-state index in [9.17, 15) is 23.4 Å². The lowest BCUT2D eigenvalue weighted by Gasteiger charge is -2.34. The highest BCUT2D eigenvalue weighted by molar-refractivity contribution is 5.17. The van der Waals surface area contributed by atoms with Crippen LogP contribution in [0, 0.1) is 0 Å². The Hall–Kier alpha value is -1.89. The van der Waals surface area contributed by atoms with Crippen LogP contribution in [0.3, 0.4) is 0 Å². The highest BCUT2D eigenvalue weighted by Gasteiger charge is 2.45. The number of alkyl halides is 3. The second-order valence-electron chi connectivity index (χ2n) is 5.61. The highest BCUT2D eigenvalue weighted by Crippen LogP contribution is 2.26. The number of aliphatic hydroxyl groups excluding tert-OH is 2. The van der Waals surface area contributed by atoms with Gasteiger partial charge in [-0.1, -0.05) is 60.7 Å². The fourth-order valence-electron chi connectivity index (χ4n) is 2.56. The molecule has 2 rings (SSSR count). The van der Waals surface area contributed by atoms with Crippen LogP contribution in [0.15, 0.2) is 60.7 Å². The molecular formula is C18H20F3NO2. The summed E-state index contributed by atoms with van der Waals surface area (Å²) in [5.74, 6) is 0. The molecule has 0 spiro atoms. The predicted octanol–water partition coefficient (Wildman–Crippen LogP) is 2.97. The number of benzene rings is 2. The molecule has 0 aliphatic carbocycles. The van der Waals surface area contributed by atoms with Crippen LogP contribution < -0.4 is 0 Å². The molecule has 0 heterocycles. The maximum Gasteiger partial charge on any atom is 0.415 e. The first kappa shape index (κ1) is 18.4. The Bertz CT molecular complexity index is 563. The molecule has 2 aromatic carbocycles. The van der Waals surface area contributed by atoms with E-state index in [1.165, 1.54) is 4.90 Å². The van der Waals surface area contributed by atoms with Gasteiger partial charge in [-0.25, -0.2) is 0 Å². The summed E-state index contributed by atoms with van der Waals surface area (Å²) in [6.45, 7) is -0.414. The quantitative estimate of drug-likeness (QED) is 0.815. The fourth-order valence-corrected chi connectivity index (χ4v) is 2.56. The summed E-state index contributed by atoms with van der Waals surface area (Å²) in [6, 6.07) is 16.6. The Balaban J connectivity index is 2.26.